The van der Waals surface area contributed by atoms with E-state index in [1.165, 1.54) is 0 Å². The minimum Gasteiger partial charge on any atom is -0.457 e. The Balaban J connectivity index is 2.04. The molecule has 0 radical (unpaired) electrons. The number of aryl methyl sites for hydroxylation is 2. The van der Waals surface area contributed by atoms with Crippen molar-refractivity contribution in [2.24, 2.45) is 5.73 Å². The second-order valence-electron chi connectivity index (χ2n) is 6.60. The van der Waals surface area contributed by atoms with Crippen LogP contribution in [0.1, 0.15) is 53.4 Å². The zero-order valence-electron chi connectivity index (χ0n) is 16.5. The number of urea groups is 1. The van der Waals surface area contributed by atoms with E-state index in [0.717, 1.165) is 17.5 Å². The normalized spacial score (nSPS) is 11.6. The number of rotatable bonds is 9. The summed E-state index contributed by atoms with van der Waals surface area (Å²) in [6.45, 7) is 3.62. The monoisotopic (exact) mass is 416 g/mol. The molecule has 3 N–H and O–H groups in total. The van der Waals surface area contributed by atoms with Crippen LogP contribution in [0.25, 0.3) is 0 Å². The summed E-state index contributed by atoms with van der Waals surface area (Å²) in [5.74, 6) is -0.867. The number of carbonyl (C=O) groups excluding carboxylic acids is 3. The number of primary amides is 1. The van der Waals surface area contributed by atoms with Crippen LogP contribution in [0.4, 0.5) is 4.79 Å². The van der Waals surface area contributed by atoms with E-state index < -0.39 is 18.0 Å². The van der Waals surface area contributed by atoms with Crippen LogP contribution < -0.4 is 11.1 Å². The van der Waals surface area contributed by atoms with Crippen molar-refractivity contribution in [2.75, 3.05) is 6.61 Å². The first-order valence-electron chi connectivity index (χ1n) is 9.46. The number of Topliss-reactive ketones (excluding diaryl/α,β-unsaturated/α-hetero) is 1. The first-order valence-corrected chi connectivity index (χ1v) is 9.83. The number of hydrogen-bond acceptors (Lipinski definition) is 4. The summed E-state index contributed by atoms with van der Waals surface area (Å²) in [4.78, 5) is 36.2. The SMILES string of the molecule is CCc1ccc(CC)c(C(=O)COC(=O)C[C@@H](NC(N)=O)c2ccc(Cl)cc2)c1. The number of benzene rings is 2. The number of carbonyl (C=O) groups is 3. The molecule has 6 nitrogen and oxygen atoms in total. The topological polar surface area (TPSA) is 98.5 Å². The van der Waals surface area contributed by atoms with Gasteiger partial charge in [-0.25, -0.2) is 4.79 Å². The molecule has 0 bridgehead atoms. The van der Waals surface area contributed by atoms with Crippen LogP contribution in [0.2, 0.25) is 5.02 Å². The largest absolute Gasteiger partial charge is 0.457 e. The molecule has 0 spiro atoms. The molecule has 0 saturated carbocycles. The van der Waals surface area contributed by atoms with E-state index in [1.807, 2.05) is 32.0 Å². The van der Waals surface area contributed by atoms with Crippen LogP contribution >= 0.6 is 11.6 Å². The lowest BCUT2D eigenvalue weighted by atomic mass is 9.98. The molecule has 1 atom stereocenters. The van der Waals surface area contributed by atoms with Gasteiger partial charge in [0.2, 0.25) is 5.78 Å². The molecule has 2 aromatic carbocycles. The van der Waals surface area contributed by atoms with Gasteiger partial charge in [-0.15, -0.1) is 0 Å². The molecule has 2 aromatic rings. The second-order valence-corrected chi connectivity index (χ2v) is 7.04. The number of esters is 1. The quantitative estimate of drug-likeness (QED) is 0.477. The smallest absolute Gasteiger partial charge is 0.312 e. The zero-order chi connectivity index (χ0) is 21.4. The van der Waals surface area contributed by atoms with Crippen molar-refractivity contribution in [1.29, 1.82) is 0 Å². The molecular formula is C22H25ClN2O4. The Hall–Kier alpha value is -2.86. The van der Waals surface area contributed by atoms with Gasteiger partial charge < -0.3 is 15.8 Å². The van der Waals surface area contributed by atoms with E-state index in [2.05, 4.69) is 5.32 Å². The fourth-order valence-corrected chi connectivity index (χ4v) is 3.11. The third-order valence-electron chi connectivity index (χ3n) is 4.59. The molecular weight excluding hydrogens is 392 g/mol. The van der Waals surface area contributed by atoms with E-state index >= 15 is 0 Å². The Morgan fingerprint density at radius 2 is 1.76 bits per heavy atom. The highest BCUT2D eigenvalue weighted by molar-refractivity contribution is 6.30. The van der Waals surface area contributed by atoms with E-state index in [9.17, 15) is 14.4 Å². The average Bonchev–Trinajstić information content (AvgIpc) is 2.71. The molecule has 0 heterocycles. The fraction of sp³-hybridized carbons (Fsp3) is 0.318. The Kier molecular flexibility index (Phi) is 8.21. The summed E-state index contributed by atoms with van der Waals surface area (Å²) in [6.07, 6.45) is 1.36. The molecule has 2 amide bonds. The maximum atomic E-state index is 12.6. The number of amides is 2. The average molecular weight is 417 g/mol. The fourth-order valence-electron chi connectivity index (χ4n) is 2.98. The minimum absolute atomic E-state index is 0.159. The van der Waals surface area contributed by atoms with Crippen molar-refractivity contribution in [3.63, 3.8) is 0 Å². The van der Waals surface area contributed by atoms with Gasteiger partial charge in [0.1, 0.15) is 0 Å². The predicted octanol–water partition coefficient (Wildman–Crippen LogP) is 3.99. The lowest BCUT2D eigenvalue weighted by molar-refractivity contribution is -0.143. The minimum atomic E-state index is -0.766. The molecule has 0 unspecified atom stereocenters. The lowest BCUT2D eigenvalue weighted by Gasteiger charge is -2.17. The van der Waals surface area contributed by atoms with Crippen LogP contribution in [0.15, 0.2) is 42.5 Å². The van der Waals surface area contributed by atoms with Crippen molar-refractivity contribution in [3.05, 3.63) is 69.7 Å². The highest BCUT2D eigenvalue weighted by Gasteiger charge is 2.20. The van der Waals surface area contributed by atoms with Gasteiger partial charge in [0.25, 0.3) is 0 Å². The van der Waals surface area contributed by atoms with Gasteiger partial charge in [-0.3, -0.25) is 9.59 Å². The predicted molar refractivity (Wildman–Crippen MR) is 112 cm³/mol. The molecule has 7 heteroatoms. The Labute approximate surface area is 175 Å². The van der Waals surface area contributed by atoms with E-state index in [-0.39, 0.29) is 18.8 Å². The van der Waals surface area contributed by atoms with Crippen molar-refractivity contribution >= 4 is 29.4 Å². The molecule has 2 rings (SSSR count). The Morgan fingerprint density at radius 3 is 2.34 bits per heavy atom. The summed E-state index contributed by atoms with van der Waals surface area (Å²) in [7, 11) is 0. The second kappa shape index (κ2) is 10.6. The molecule has 0 saturated heterocycles. The first-order chi connectivity index (χ1) is 13.8. The van der Waals surface area contributed by atoms with Gasteiger partial charge in [0.15, 0.2) is 6.61 Å². The lowest BCUT2D eigenvalue weighted by Crippen LogP contribution is -2.34. The van der Waals surface area contributed by atoms with Crippen LogP contribution in [-0.2, 0) is 22.4 Å². The number of ketones is 1. The van der Waals surface area contributed by atoms with Crippen LogP contribution in [0.3, 0.4) is 0 Å². The molecule has 0 aliphatic carbocycles. The number of hydrogen-bond donors (Lipinski definition) is 2. The maximum Gasteiger partial charge on any atom is 0.312 e. The third kappa shape index (κ3) is 6.61. The van der Waals surface area contributed by atoms with E-state index in [0.29, 0.717) is 22.6 Å². The van der Waals surface area contributed by atoms with Crippen LogP contribution in [0, 0.1) is 0 Å². The van der Waals surface area contributed by atoms with Gasteiger partial charge in [0.05, 0.1) is 12.5 Å². The molecule has 0 aromatic heterocycles. The van der Waals surface area contributed by atoms with Gasteiger partial charge in [0, 0.05) is 10.6 Å². The highest BCUT2D eigenvalue weighted by Crippen LogP contribution is 2.20. The molecule has 154 valence electrons. The van der Waals surface area contributed by atoms with Crippen molar-refractivity contribution in [1.82, 2.24) is 5.32 Å². The van der Waals surface area contributed by atoms with Crippen molar-refractivity contribution in [2.45, 2.75) is 39.2 Å². The summed E-state index contributed by atoms with van der Waals surface area (Å²) < 4.78 is 5.18. The molecule has 0 aliphatic rings. The van der Waals surface area contributed by atoms with Crippen molar-refractivity contribution in [3.8, 4) is 0 Å². The molecule has 0 fully saturated rings. The van der Waals surface area contributed by atoms with Gasteiger partial charge in [-0.1, -0.05) is 49.7 Å². The number of nitrogens with two attached hydrogens (primary N) is 1. The summed E-state index contributed by atoms with van der Waals surface area (Å²) in [5.41, 5.74) is 8.40. The Morgan fingerprint density at radius 1 is 1.07 bits per heavy atom. The highest BCUT2D eigenvalue weighted by atomic mass is 35.5. The van der Waals surface area contributed by atoms with Crippen LogP contribution in [0.5, 0.6) is 0 Å². The van der Waals surface area contributed by atoms with E-state index in [4.69, 9.17) is 22.1 Å². The van der Waals surface area contributed by atoms with Gasteiger partial charge in [-0.2, -0.15) is 0 Å². The van der Waals surface area contributed by atoms with E-state index in [1.54, 1.807) is 24.3 Å². The standard InChI is InChI=1S/C22H25ClN2O4/c1-3-14-5-6-15(4-2)18(11-14)20(26)13-29-21(27)12-19(25-22(24)28)16-7-9-17(23)10-8-16/h5-11,19H,3-4,12-13H2,1-2H3,(H3,24,25,28)/t19-/m1/s1. The Bertz CT molecular complexity index is 881. The number of nitrogens with one attached hydrogen (secondary N) is 1. The summed E-state index contributed by atoms with van der Waals surface area (Å²) in [5, 5.41) is 3.04. The third-order valence-corrected chi connectivity index (χ3v) is 4.84. The van der Waals surface area contributed by atoms with Crippen molar-refractivity contribution < 1.29 is 19.1 Å². The zero-order valence-corrected chi connectivity index (χ0v) is 17.3. The molecule has 29 heavy (non-hydrogen) atoms. The van der Waals surface area contributed by atoms with Crippen LogP contribution in [-0.4, -0.2) is 24.4 Å². The maximum absolute atomic E-state index is 12.6. The summed E-state index contributed by atoms with van der Waals surface area (Å²) >= 11 is 5.88. The number of ether oxygens (including phenoxy) is 1. The first kappa shape index (κ1) is 22.4. The van der Waals surface area contributed by atoms with Gasteiger partial charge >= 0.3 is 12.0 Å². The molecule has 0 aliphatic heterocycles. The number of halogens is 1. The summed E-state index contributed by atoms with van der Waals surface area (Å²) in [6, 6.07) is 11.0. The van der Waals surface area contributed by atoms with Gasteiger partial charge in [-0.05, 0) is 47.7 Å².